The first kappa shape index (κ1) is 13.3. The molecule has 0 bridgehead atoms. The van der Waals surface area contributed by atoms with Crippen molar-refractivity contribution < 1.29 is 8.78 Å². The monoisotopic (exact) mass is 356 g/mol. The van der Waals surface area contributed by atoms with E-state index in [0.717, 1.165) is 4.60 Å². The van der Waals surface area contributed by atoms with Gasteiger partial charge in [0, 0.05) is 12.4 Å². The molecule has 0 saturated carbocycles. The first-order valence-corrected chi connectivity index (χ1v) is 5.78. The Hall–Kier alpha value is -0.760. The molecule has 0 unspecified atom stereocenters. The molecule has 0 aromatic carbocycles. The van der Waals surface area contributed by atoms with E-state index in [1.165, 1.54) is 10.9 Å². The topological polar surface area (TPSA) is 46.5 Å². The second-order valence-electron chi connectivity index (χ2n) is 2.66. The van der Waals surface area contributed by atoms with Crippen LogP contribution in [0.1, 0.15) is 0 Å². The van der Waals surface area contributed by atoms with E-state index in [1.54, 1.807) is 12.3 Å². The van der Waals surface area contributed by atoms with Gasteiger partial charge in [-0.1, -0.05) is 0 Å². The van der Waals surface area contributed by atoms with E-state index in [1.807, 2.05) is 6.07 Å². The summed E-state index contributed by atoms with van der Waals surface area (Å²) in [7, 11) is 0. The lowest BCUT2D eigenvalue weighted by Crippen LogP contribution is -2.06. The predicted molar refractivity (Wildman–Crippen MR) is 62.2 cm³/mol. The molecule has 16 heavy (non-hydrogen) atoms. The van der Waals surface area contributed by atoms with Crippen LogP contribution in [-0.4, -0.2) is 26.4 Å². The van der Waals surface area contributed by atoms with Gasteiger partial charge >= 0.3 is 0 Å². The number of nitrogens with zero attached hydrogens (tertiary/aromatic N) is 3. The number of aromatic nitrogens is 4. The van der Waals surface area contributed by atoms with Gasteiger partial charge < -0.3 is 0 Å². The largest absolute Gasteiger partial charge is 0.271 e. The third-order valence-corrected chi connectivity index (χ3v) is 2.26. The van der Waals surface area contributed by atoms with Crippen molar-refractivity contribution in [2.24, 2.45) is 0 Å². The maximum absolute atomic E-state index is 11.7. The smallest absolute Gasteiger partial charge is 0.257 e. The average Bonchev–Trinajstić information content (AvgIpc) is 2.78. The lowest BCUT2D eigenvalue weighted by molar-refractivity contribution is 0.121. The fourth-order valence-electron chi connectivity index (χ4n) is 0.819. The summed E-state index contributed by atoms with van der Waals surface area (Å²) in [5, 5.41) is 10.0. The Balaban J connectivity index is 0.000000181. The van der Waals surface area contributed by atoms with Gasteiger partial charge in [-0.05, 0) is 44.0 Å². The Labute approximate surface area is 107 Å². The maximum atomic E-state index is 11.7. The molecule has 0 amide bonds. The lowest BCUT2D eigenvalue weighted by atomic mass is 10.7. The van der Waals surface area contributed by atoms with Crippen LogP contribution in [0.25, 0.3) is 0 Å². The number of halogens is 4. The summed E-state index contributed by atoms with van der Waals surface area (Å²) in [6.45, 7) is -0.342. The molecule has 0 atom stereocenters. The van der Waals surface area contributed by atoms with Crippen molar-refractivity contribution in [2.45, 2.75) is 13.0 Å². The molecule has 0 aliphatic carbocycles. The molecule has 1 N–H and O–H groups in total. The van der Waals surface area contributed by atoms with Crippen LogP contribution in [0.5, 0.6) is 0 Å². The summed E-state index contributed by atoms with van der Waals surface area (Å²) in [4.78, 5) is 0. The van der Waals surface area contributed by atoms with Crippen LogP contribution in [0.3, 0.4) is 0 Å². The summed E-state index contributed by atoms with van der Waals surface area (Å²) in [5.41, 5.74) is 0. The summed E-state index contributed by atoms with van der Waals surface area (Å²) < 4.78 is 26.0. The van der Waals surface area contributed by atoms with Crippen LogP contribution >= 0.6 is 31.9 Å². The Morgan fingerprint density at radius 3 is 2.44 bits per heavy atom. The average molecular weight is 358 g/mol. The third kappa shape index (κ3) is 5.36. The Morgan fingerprint density at radius 2 is 2.12 bits per heavy atom. The fourth-order valence-corrected chi connectivity index (χ4v) is 1.36. The SMILES string of the molecule is Brc1ccn[nH]1.FC(F)Cn1ccc(Br)n1. The number of nitrogens with one attached hydrogen (secondary N) is 1. The van der Waals surface area contributed by atoms with Gasteiger partial charge in [-0.25, -0.2) is 8.78 Å². The van der Waals surface area contributed by atoms with Gasteiger partial charge in [-0.3, -0.25) is 9.78 Å². The molecule has 0 spiro atoms. The summed E-state index contributed by atoms with van der Waals surface area (Å²) in [6, 6.07) is 3.45. The van der Waals surface area contributed by atoms with E-state index in [2.05, 4.69) is 47.2 Å². The molecule has 0 aliphatic rings. The zero-order valence-corrected chi connectivity index (χ0v) is 11.1. The molecule has 0 fully saturated rings. The van der Waals surface area contributed by atoms with Gasteiger partial charge in [0.15, 0.2) is 0 Å². The highest BCUT2D eigenvalue weighted by Gasteiger charge is 2.03. The molecule has 2 heterocycles. The van der Waals surface area contributed by atoms with E-state index in [4.69, 9.17) is 0 Å². The van der Waals surface area contributed by atoms with E-state index < -0.39 is 6.43 Å². The van der Waals surface area contributed by atoms with Crippen LogP contribution in [0.15, 0.2) is 33.7 Å². The Bertz CT molecular complexity index is 402. The van der Waals surface area contributed by atoms with E-state index in [-0.39, 0.29) is 6.54 Å². The molecule has 2 aromatic rings. The second-order valence-corrected chi connectivity index (χ2v) is 4.32. The van der Waals surface area contributed by atoms with Crippen LogP contribution in [0, 0.1) is 0 Å². The highest BCUT2D eigenvalue weighted by Crippen LogP contribution is 2.05. The predicted octanol–water partition coefficient (Wildman–Crippen LogP) is 3.08. The van der Waals surface area contributed by atoms with E-state index in [9.17, 15) is 8.78 Å². The minimum absolute atomic E-state index is 0.342. The first-order chi connectivity index (χ1) is 7.58. The zero-order chi connectivity index (χ0) is 12.0. The van der Waals surface area contributed by atoms with Gasteiger partial charge in [0.1, 0.15) is 15.8 Å². The molecule has 8 heteroatoms. The molecule has 0 radical (unpaired) electrons. The van der Waals surface area contributed by atoms with Crippen molar-refractivity contribution in [3.63, 3.8) is 0 Å². The molecule has 0 aliphatic heterocycles. The van der Waals surface area contributed by atoms with Crippen LogP contribution < -0.4 is 0 Å². The normalized spacial score (nSPS) is 10.1. The Morgan fingerprint density at radius 1 is 1.38 bits per heavy atom. The quantitative estimate of drug-likeness (QED) is 0.897. The van der Waals surface area contributed by atoms with Crippen molar-refractivity contribution in [2.75, 3.05) is 0 Å². The molecule has 2 rings (SSSR count). The molecule has 0 saturated heterocycles. The van der Waals surface area contributed by atoms with E-state index >= 15 is 0 Å². The highest BCUT2D eigenvalue weighted by molar-refractivity contribution is 9.10. The van der Waals surface area contributed by atoms with Crippen LogP contribution in [0.2, 0.25) is 0 Å². The van der Waals surface area contributed by atoms with Crippen molar-refractivity contribution in [1.82, 2.24) is 20.0 Å². The molecule has 2 aromatic heterocycles. The highest BCUT2D eigenvalue weighted by atomic mass is 79.9. The standard InChI is InChI=1S/C5H5BrF2N2.C3H3BrN2/c6-4-1-2-10(9-4)3-5(7)8;4-3-1-2-5-6-3/h1-2,5H,3H2;1-2H,(H,5,6). The number of H-pyrrole nitrogens is 1. The zero-order valence-electron chi connectivity index (χ0n) is 7.95. The van der Waals surface area contributed by atoms with Crippen molar-refractivity contribution in [1.29, 1.82) is 0 Å². The van der Waals surface area contributed by atoms with Gasteiger partial charge in [0.2, 0.25) is 0 Å². The maximum Gasteiger partial charge on any atom is 0.257 e. The third-order valence-electron chi connectivity index (χ3n) is 1.40. The summed E-state index contributed by atoms with van der Waals surface area (Å²) in [5.74, 6) is 0. The molecule has 4 nitrogen and oxygen atoms in total. The van der Waals surface area contributed by atoms with Gasteiger partial charge in [-0.15, -0.1) is 0 Å². The number of rotatable bonds is 2. The molecular formula is C8H8Br2F2N4. The molecule has 88 valence electrons. The second kappa shape index (κ2) is 6.74. The summed E-state index contributed by atoms with van der Waals surface area (Å²) >= 11 is 6.21. The number of aromatic amines is 1. The van der Waals surface area contributed by atoms with Gasteiger partial charge in [-0.2, -0.15) is 10.2 Å². The van der Waals surface area contributed by atoms with Gasteiger partial charge in [0.25, 0.3) is 6.43 Å². The van der Waals surface area contributed by atoms with E-state index in [0.29, 0.717) is 4.60 Å². The number of hydrogen-bond donors (Lipinski definition) is 1. The summed E-state index contributed by atoms with van der Waals surface area (Å²) in [6.07, 6.45) is 0.840. The fraction of sp³-hybridized carbons (Fsp3) is 0.250. The van der Waals surface area contributed by atoms with Crippen molar-refractivity contribution in [3.8, 4) is 0 Å². The number of hydrogen-bond acceptors (Lipinski definition) is 2. The van der Waals surface area contributed by atoms with Gasteiger partial charge in [0.05, 0.1) is 0 Å². The Kier molecular flexibility index (Phi) is 5.61. The first-order valence-electron chi connectivity index (χ1n) is 4.20. The van der Waals surface area contributed by atoms with Crippen molar-refractivity contribution in [3.05, 3.63) is 33.7 Å². The van der Waals surface area contributed by atoms with Crippen LogP contribution in [-0.2, 0) is 6.54 Å². The minimum atomic E-state index is -2.34. The molecular weight excluding hydrogens is 350 g/mol. The number of alkyl halides is 2. The van der Waals surface area contributed by atoms with Crippen LogP contribution in [0.4, 0.5) is 8.78 Å². The lowest BCUT2D eigenvalue weighted by Gasteiger charge is -1.96. The van der Waals surface area contributed by atoms with Crippen molar-refractivity contribution >= 4 is 31.9 Å². The minimum Gasteiger partial charge on any atom is -0.271 e.